The molecule has 0 unspecified atom stereocenters. The zero-order chi connectivity index (χ0) is 12.7. The minimum Gasteiger partial charge on any atom is -0.300 e. The zero-order valence-corrected chi connectivity index (χ0v) is 11.1. The summed E-state index contributed by atoms with van der Waals surface area (Å²) in [6, 6.07) is 8.65. The van der Waals surface area contributed by atoms with E-state index < -0.39 is 0 Å². The first-order chi connectivity index (χ1) is 8.08. The maximum absolute atomic E-state index is 10.8. The summed E-state index contributed by atoms with van der Waals surface area (Å²) in [7, 11) is 0. The molecule has 1 aromatic carbocycles. The molecule has 0 aromatic heterocycles. The second-order valence-corrected chi connectivity index (χ2v) is 4.98. The van der Waals surface area contributed by atoms with Crippen LogP contribution in [0.15, 0.2) is 30.3 Å². The lowest BCUT2D eigenvalue weighted by molar-refractivity contribution is -0.116. The van der Waals surface area contributed by atoms with Gasteiger partial charge in [-0.1, -0.05) is 50.3 Å². The number of rotatable bonds is 6. The molecule has 92 valence electrons. The Balaban J connectivity index is 2.47. The van der Waals surface area contributed by atoms with Crippen LogP contribution >= 0.6 is 0 Å². The third-order valence-corrected chi connectivity index (χ3v) is 2.60. The van der Waals surface area contributed by atoms with E-state index in [1.807, 2.05) is 0 Å². The monoisotopic (exact) mass is 230 g/mol. The number of benzene rings is 1. The molecular weight excluding hydrogens is 208 g/mol. The average Bonchev–Trinajstić information content (AvgIpc) is 2.25. The summed E-state index contributed by atoms with van der Waals surface area (Å²) in [4.78, 5) is 10.8. The number of carbonyl (C=O) groups is 1. The summed E-state index contributed by atoms with van der Waals surface area (Å²) in [6.07, 6.45) is 6.76. The molecule has 0 N–H and O–H groups in total. The van der Waals surface area contributed by atoms with Gasteiger partial charge in [-0.25, -0.2) is 0 Å². The van der Waals surface area contributed by atoms with Crippen LogP contribution in [0.25, 0.3) is 6.08 Å². The molecule has 0 saturated carbocycles. The Bertz CT molecular complexity index is 371. The van der Waals surface area contributed by atoms with Crippen molar-refractivity contribution < 1.29 is 4.79 Å². The summed E-state index contributed by atoms with van der Waals surface area (Å²) in [5.41, 5.74) is 2.60. The maximum atomic E-state index is 10.8. The van der Waals surface area contributed by atoms with E-state index in [9.17, 15) is 4.79 Å². The predicted octanol–water partition coefficient (Wildman–Crippen LogP) is 4.27. The van der Waals surface area contributed by atoms with Crippen molar-refractivity contribution in [2.24, 2.45) is 5.92 Å². The Labute approximate surface area is 105 Å². The maximum Gasteiger partial charge on any atom is 0.130 e. The Morgan fingerprint density at radius 2 is 1.88 bits per heavy atom. The van der Waals surface area contributed by atoms with Gasteiger partial charge in [-0.05, 0) is 36.8 Å². The van der Waals surface area contributed by atoms with Crippen LogP contribution in [0.2, 0.25) is 0 Å². The molecular formula is C16H22O. The molecule has 0 saturated heterocycles. The van der Waals surface area contributed by atoms with Crippen molar-refractivity contribution in [3.8, 4) is 0 Å². The van der Waals surface area contributed by atoms with Crippen molar-refractivity contribution in [1.82, 2.24) is 0 Å². The minimum absolute atomic E-state index is 0.252. The lowest BCUT2D eigenvalue weighted by Crippen LogP contribution is -1.93. The van der Waals surface area contributed by atoms with Crippen molar-refractivity contribution in [2.45, 2.75) is 40.0 Å². The molecule has 1 nitrogen and oxygen atoms in total. The average molecular weight is 230 g/mol. The Morgan fingerprint density at radius 3 is 2.41 bits per heavy atom. The van der Waals surface area contributed by atoms with E-state index >= 15 is 0 Å². The number of Topliss-reactive ketones (excluding diaryl/α,β-unsaturated/α-hetero) is 1. The Kier molecular flexibility index (Phi) is 5.68. The van der Waals surface area contributed by atoms with Crippen LogP contribution in [0.5, 0.6) is 0 Å². The van der Waals surface area contributed by atoms with Crippen molar-refractivity contribution in [2.75, 3.05) is 0 Å². The summed E-state index contributed by atoms with van der Waals surface area (Å²) in [5, 5.41) is 0. The highest BCUT2D eigenvalue weighted by molar-refractivity contribution is 5.75. The topological polar surface area (TPSA) is 17.1 Å². The number of allylic oxidation sites excluding steroid dienone is 1. The van der Waals surface area contributed by atoms with Crippen LogP contribution in [0.1, 0.15) is 44.7 Å². The fraction of sp³-hybridized carbons (Fsp3) is 0.438. The van der Waals surface area contributed by atoms with Crippen LogP contribution in [-0.4, -0.2) is 5.78 Å². The van der Waals surface area contributed by atoms with Gasteiger partial charge < -0.3 is 4.79 Å². The van der Waals surface area contributed by atoms with Gasteiger partial charge in [0.2, 0.25) is 0 Å². The quantitative estimate of drug-likeness (QED) is 0.713. The van der Waals surface area contributed by atoms with Crippen LogP contribution < -0.4 is 0 Å². The second kappa shape index (κ2) is 7.05. The van der Waals surface area contributed by atoms with E-state index in [0.717, 1.165) is 12.8 Å². The van der Waals surface area contributed by atoms with Gasteiger partial charge in [0, 0.05) is 6.42 Å². The molecule has 0 fully saturated rings. The summed E-state index contributed by atoms with van der Waals surface area (Å²) in [6.45, 7) is 6.10. The van der Waals surface area contributed by atoms with Gasteiger partial charge in [-0.15, -0.1) is 0 Å². The largest absolute Gasteiger partial charge is 0.300 e. The van der Waals surface area contributed by atoms with Gasteiger partial charge in [0.15, 0.2) is 0 Å². The number of carbonyl (C=O) groups excluding carboxylic acids is 1. The van der Waals surface area contributed by atoms with E-state index in [0.29, 0.717) is 12.3 Å². The first-order valence-corrected chi connectivity index (χ1v) is 6.33. The first kappa shape index (κ1) is 13.7. The lowest BCUT2D eigenvalue weighted by atomic mass is 10.0. The molecule has 0 radical (unpaired) electrons. The fourth-order valence-corrected chi connectivity index (χ4v) is 1.74. The first-order valence-electron chi connectivity index (χ1n) is 6.33. The molecule has 0 spiro atoms. The summed E-state index contributed by atoms with van der Waals surface area (Å²) >= 11 is 0. The third-order valence-electron chi connectivity index (χ3n) is 2.60. The standard InChI is InChI=1S/C16H22O/c1-13(2)12-16-10-8-15(9-11-16)7-5-4-6-14(3)17/h5,7-11,13H,4,6,12H2,1-3H3/b7-5+. The molecule has 1 rings (SSSR count). The molecule has 17 heavy (non-hydrogen) atoms. The number of hydrogen-bond acceptors (Lipinski definition) is 1. The molecule has 0 aliphatic rings. The van der Waals surface area contributed by atoms with Gasteiger partial charge >= 0.3 is 0 Å². The van der Waals surface area contributed by atoms with E-state index in [2.05, 4.69) is 50.3 Å². The number of hydrogen-bond donors (Lipinski definition) is 0. The summed E-state index contributed by atoms with van der Waals surface area (Å²) < 4.78 is 0. The van der Waals surface area contributed by atoms with Crippen molar-refractivity contribution in [1.29, 1.82) is 0 Å². The van der Waals surface area contributed by atoms with Crippen LogP contribution in [-0.2, 0) is 11.2 Å². The van der Waals surface area contributed by atoms with Crippen molar-refractivity contribution >= 4 is 11.9 Å². The van der Waals surface area contributed by atoms with E-state index in [1.165, 1.54) is 11.1 Å². The molecule has 0 bridgehead atoms. The Morgan fingerprint density at radius 1 is 1.24 bits per heavy atom. The lowest BCUT2D eigenvalue weighted by Gasteiger charge is -2.04. The molecule has 1 heteroatoms. The third kappa shape index (κ3) is 6.06. The molecule has 1 aromatic rings. The van der Waals surface area contributed by atoms with Crippen LogP contribution in [0.4, 0.5) is 0 Å². The highest BCUT2D eigenvalue weighted by Gasteiger charge is 1.96. The molecule has 0 aliphatic heterocycles. The van der Waals surface area contributed by atoms with Crippen LogP contribution in [0.3, 0.4) is 0 Å². The highest BCUT2D eigenvalue weighted by atomic mass is 16.1. The fourth-order valence-electron chi connectivity index (χ4n) is 1.74. The van der Waals surface area contributed by atoms with Gasteiger partial charge in [0.05, 0.1) is 0 Å². The van der Waals surface area contributed by atoms with Crippen molar-refractivity contribution in [3.63, 3.8) is 0 Å². The smallest absolute Gasteiger partial charge is 0.130 e. The van der Waals surface area contributed by atoms with Gasteiger partial charge in [-0.2, -0.15) is 0 Å². The van der Waals surface area contributed by atoms with E-state index in [4.69, 9.17) is 0 Å². The van der Waals surface area contributed by atoms with E-state index in [-0.39, 0.29) is 5.78 Å². The van der Waals surface area contributed by atoms with Gasteiger partial charge in [0.1, 0.15) is 5.78 Å². The SMILES string of the molecule is CC(=O)CC/C=C/c1ccc(CC(C)C)cc1. The van der Waals surface area contributed by atoms with Crippen molar-refractivity contribution in [3.05, 3.63) is 41.5 Å². The zero-order valence-electron chi connectivity index (χ0n) is 11.1. The van der Waals surface area contributed by atoms with Gasteiger partial charge in [-0.3, -0.25) is 0 Å². The van der Waals surface area contributed by atoms with Gasteiger partial charge in [0.25, 0.3) is 0 Å². The minimum atomic E-state index is 0.252. The molecule has 0 aliphatic carbocycles. The normalized spacial score (nSPS) is 11.3. The number of ketones is 1. The highest BCUT2D eigenvalue weighted by Crippen LogP contribution is 2.11. The molecule has 0 heterocycles. The molecule has 0 atom stereocenters. The predicted molar refractivity (Wildman–Crippen MR) is 73.9 cm³/mol. The van der Waals surface area contributed by atoms with Crippen LogP contribution in [0, 0.1) is 5.92 Å². The molecule has 0 amide bonds. The Hall–Kier alpha value is -1.37. The second-order valence-electron chi connectivity index (χ2n) is 4.98. The van der Waals surface area contributed by atoms with E-state index in [1.54, 1.807) is 6.92 Å². The summed E-state index contributed by atoms with van der Waals surface area (Å²) in [5.74, 6) is 0.953.